The predicted octanol–water partition coefficient (Wildman–Crippen LogP) is 4.10. The summed E-state index contributed by atoms with van der Waals surface area (Å²) in [5.74, 6) is 0.406. The highest BCUT2D eigenvalue weighted by molar-refractivity contribution is 6.31. The number of para-hydroxylation sites is 2. The Morgan fingerprint density at radius 1 is 1.27 bits per heavy atom. The summed E-state index contributed by atoms with van der Waals surface area (Å²) in [5.41, 5.74) is 3.83. The van der Waals surface area contributed by atoms with Gasteiger partial charge in [0, 0.05) is 11.4 Å². The minimum absolute atomic E-state index is 0.0734. The molecule has 112 valence electrons. The van der Waals surface area contributed by atoms with E-state index in [2.05, 4.69) is 15.3 Å². The van der Waals surface area contributed by atoms with Gasteiger partial charge in [-0.05, 0) is 42.7 Å². The number of carbonyl (C=O) groups excluding carboxylic acids is 1. The second kappa shape index (κ2) is 6.20. The largest absolute Gasteiger partial charge is 0.324 e. The lowest BCUT2D eigenvalue weighted by atomic mass is 10.1. The zero-order valence-corrected chi connectivity index (χ0v) is 12.9. The molecule has 4 nitrogen and oxygen atoms in total. The van der Waals surface area contributed by atoms with Gasteiger partial charge >= 0.3 is 0 Å². The van der Waals surface area contributed by atoms with Crippen molar-refractivity contribution in [2.75, 3.05) is 5.32 Å². The standard InChI is InChI=1S/C17H16ClN3O/c1-11-6-7-12(10-13(11)18)8-9-16(22)21-17-19-14-4-2-3-5-15(14)20-17/h2-7,10H,8-9H2,1H3,(H2,19,20,21,22). The van der Waals surface area contributed by atoms with E-state index in [1.807, 2.05) is 49.4 Å². The van der Waals surface area contributed by atoms with Crippen LogP contribution in [0.1, 0.15) is 17.5 Å². The molecular formula is C17H16ClN3O. The predicted molar refractivity (Wildman–Crippen MR) is 89.2 cm³/mol. The summed E-state index contributed by atoms with van der Waals surface area (Å²) >= 11 is 6.09. The van der Waals surface area contributed by atoms with Crippen molar-refractivity contribution in [2.45, 2.75) is 19.8 Å². The SMILES string of the molecule is Cc1ccc(CCC(=O)Nc2nc3ccccc3[nH]2)cc1Cl. The second-order valence-corrected chi connectivity index (χ2v) is 5.64. The van der Waals surface area contributed by atoms with Gasteiger partial charge in [-0.1, -0.05) is 35.9 Å². The number of hydrogen-bond acceptors (Lipinski definition) is 2. The summed E-state index contributed by atoms with van der Waals surface area (Å²) in [4.78, 5) is 19.4. The summed E-state index contributed by atoms with van der Waals surface area (Å²) in [6.45, 7) is 1.96. The van der Waals surface area contributed by atoms with Crippen LogP contribution in [0.4, 0.5) is 5.95 Å². The molecule has 0 atom stereocenters. The van der Waals surface area contributed by atoms with Gasteiger partial charge in [0.25, 0.3) is 0 Å². The van der Waals surface area contributed by atoms with E-state index in [0.29, 0.717) is 18.8 Å². The smallest absolute Gasteiger partial charge is 0.227 e. The van der Waals surface area contributed by atoms with Crippen LogP contribution < -0.4 is 5.32 Å². The van der Waals surface area contributed by atoms with E-state index in [4.69, 9.17) is 11.6 Å². The maximum absolute atomic E-state index is 12.0. The number of hydrogen-bond donors (Lipinski definition) is 2. The molecule has 1 amide bonds. The number of benzene rings is 2. The highest BCUT2D eigenvalue weighted by atomic mass is 35.5. The van der Waals surface area contributed by atoms with Gasteiger partial charge in [-0.3, -0.25) is 10.1 Å². The van der Waals surface area contributed by atoms with Gasteiger partial charge in [0.15, 0.2) is 0 Å². The van der Waals surface area contributed by atoms with Gasteiger partial charge in [0.05, 0.1) is 11.0 Å². The number of H-pyrrole nitrogens is 1. The van der Waals surface area contributed by atoms with E-state index >= 15 is 0 Å². The van der Waals surface area contributed by atoms with Crippen molar-refractivity contribution < 1.29 is 4.79 Å². The molecule has 0 aliphatic rings. The zero-order chi connectivity index (χ0) is 15.5. The molecule has 0 aliphatic carbocycles. The Bertz CT molecular complexity index is 793. The van der Waals surface area contributed by atoms with Crippen LogP contribution in [0.25, 0.3) is 11.0 Å². The molecule has 22 heavy (non-hydrogen) atoms. The van der Waals surface area contributed by atoms with E-state index in [1.54, 1.807) is 0 Å². The Labute approximate surface area is 133 Å². The number of amides is 1. The van der Waals surface area contributed by atoms with Crippen LogP contribution in [-0.4, -0.2) is 15.9 Å². The number of aromatic nitrogens is 2. The number of aromatic amines is 1. The lowest BCUT2D eigenvalue weighted by Gasteiger charge is -2.04. The van der Waals surface area contributed by atoms with Crippen molar-refractivity contribution in [3.8, 4) is 0 Å². The van der Waals surface area contributed by atoms with Gasteiger partial charge in [-0.25, -0.2) is 4.98 Å². The molecule has 1 heterocycles. The number of carbonyl (C=O) groups is 1. The Kier molecular flexibility index (Phi) is 4.11. The molecule has 2 N–H and O–H groups in total. The summed E-state index contributed by atoms with van der Waals surface area (Å²) in [6.07, 6.45) is 1.03. The number of rotatable bonds is 4. The first-order chi connectivity index (χ1) is 10.6. The molecule has 0 unspecified atom stereocenters. The molecule has 2 aromatic carbocycles. The fourth-order valence-corrected chi connectivity index (χ4v) is 2.46. The van der Waals surface area contributed by atoms with Crippen LogP contribution >= 0.6 is 11.6 Å². The van der Waals surface area contributed by atoms with Crippen molar-refractivity contribution in [3.05, 3.63) is 58.6 Å². The molecule has 0 fully saturated rings. The number of halogens is 1. The fraction of sp³-hybridized carbons (Fsp3) is 0.176. The molecule has 0 spiro atoms. The van der Waals surface area contributed by atoms with Crippen LogP contribution in [-0.2, 0) is 11.2 Å². The third kappa shape index (κ3) is 3.28. The second-order valence-electron chi connectivity index (χ2n) is 5.23. The summed E-state index contributed by atoms with van der Waals surface area (Å²) in [6, 6.07) is 13.5. The van der Waals surface area contributed by atoms with Gasteiger partial charge in [-0.15, -0.1) is 0 Å². The Morgan fingerprint density at radius 3 is 2.86 bits per heavy atom. The first-order valence-electron chi connectivity index (χ1n) is 7.11. The third-order valence-electron chi connectivity index (χ3n) is 3.52. The van der Waals surface area contributed by atoms with E-state index in [1.165, 1.54) is 0 Å². The Hall–Kier alpha value is -2.33. The Morgan fingerprint density at radius 2 is 2.09 bits per heavy atom. The van der Waals surface area contributed by atoms with Crippen LogP contribution in [0.5, 0.6) is 0 Å². The normalized spacial score (nSPS) is 10.8. The first kappa shape index (κ1) is 14.6. The molecule has 0 aliphatic heterocycles. The lowest BCUT2D eigenvalue weighted by Crippen LogP contribution is -2.13. The van der Waals surface area contributed by atoms with Crippen molar-refractivity contribution in [1.29, 1.82) is 0 Å². The highest BCUT2D eigenvalue weighted by Gasteiger charge is 2.07. The fourth-order valence-electron chi connectivity index (χ4n) is 2.26. The van der Waals surface area contributed by atoms with Crippen molar-refractivity contribution in [2.24, 2.45) is 0 Å². The van der Waals surface area contributed by atoms with E-state index in [0.717, 1.165) is 27.2 Å². The number of aryl methyl sites for hydroxylation is 2. The van der Waals surface area contributed by atoms with E-state index in [9.17, 15) is 4.79 Å². The quantitative estimate of drug-likeness (QED) is 0.762. The minimum atomic E-state index is -0.0734. The minimum Gasteiger partial charge on any atom is -0.324 e. The maximum Gasteiger partial charge on any atom is 0.227 e. The molecule has 0 radical (unpaired) electrons. The van der Waals surface area contributed by atoms with E-state index < -0.39 is 0 Å². The van der Waals surface area contributed by atoms with Crippen LogP contribution in [0.3, 0.4) is 0 Å². The molecule has 1 aromatic heterocycles. The van der Waals surface area contributed by atoms with Crippen molar-refractivity contribution in [1.82, 2.24) is 9.97 Å². The average molecular weight is 314 g/mol. The molecule has 0 bridgehead atoms. The summed E-state index contributed by atoms with van der Waals surface area (Å²) in [5, 5.41) is 3.52. The molecule has 0 saturated heterocycles. The van der Waals surface area contributed by atoms with Crippen LogP contribution in [0, 0.1) is 6.92 Å². The summed E-state index contributed by atoms with van der Waals surface area (Å²) < 4.78 is 0. The average Bonchev–Trinajstić information content (AvgIpc) is 2.90. The monoisotopic (exact) mass is 313 g/mol. The summed E-state index contributed by atoms with van der Waals surface area (Å²) in [7, 11) is 0. The van der Waals surface area contributed by atoms with Gasteiger partial charge < -0.3 is 4.98 Å². The van der Waals surface area contributed by atoms with Crippen molar-refractivity contribution in [3.63, 3.8) is 0 Å². The van der Waals surface area contributed by atoms with Crippen molar-refractivity contribution >= 4 is 34.5 Å². The number of fused-ring (bicyclic) bond motifs is 1. The topological polar surface area (TPSA) is 57.8 Å². The van der Waals surface area contributed by atoms with Gasteiger partial charge in [0.1, 0.15) is 0 Å². The highest BCUT2D eigenvalue weighted by Crippen LogP contribution is 2.18. The van der Waals surface area contributed by atoms with Crippen LogP contribution in [0.15, 0.2) is 42.5 Å². The number of nitrogens with one attached hydrogen (secondary N) is 2. The molecule has 3 rings (SSSR count). The first-order valence-corrected chi connectivity index (χ1v) is 7.49. The number of imidazole rings is 1. The van der Waals surface area contributed by atoms with Crippen LogP contribution in [0.2, 0.25) is 5.02 Å². The Balaban J connectivity index is 1.61. The van der Waals surface area contributed by atoms with Gasteiger partial charge in [0.2, 0.25) is 11.9 Å². The molecule has 0 saturated carbocycles. The molecule has 5 heteroatoms. The number of nitrogens with zero attached hydrogens (tertiary/aromatic N) is 1. The van der Waals surface area contributed by atoms with Gasteiger partial charge in [-0.2, -0.15) is 0 Å². The van der Waals surface area contributed by atoms with E-state index in [-0.39, 0.29) is 5.91 Å². The zero-order valence-electron chi connectivity index (χ0n) is 12.2. The number of anilines is 1. The molecular weight excluding hydrogens is 298 g/mol. The lowest BCUT2D eigenvalue weighted by molar-refractivity contribution is -0.116. The maximum atomic E-state index is 12.0. The third-order valence-corrected chi connectivity index (χ3v) is 3.93. The molecule has 3 aromatic rings.